The number of tetrazole rings is 1. The van der Waals surface area contributed by atoms with Crippen LogP contribution < -0.4 is 4.74 Å². The monoisotopic (exact) mass is 316 g/mol. The topological polar surface area (TPSA) is 81.5 Å². The van der Waals surface area contributed by atoms with Gasteiger partial charge in [-0.15, -0.1) is 5.10 Å². The molecule has 0 aliphatic heterocycles. The molecule has 0 saturated heterocycles. The fraction of sp³-hybridized carbons (Fsp3) is 0.429. The standard InChI is InChI=1S/C14H16N6OS/c1-8(13-17-18-19-20(13)9-3-4-9)22-14-15-11-6-5-10(21-2)7-12(11)16-14/h5-9H,3-4H2,1-2H3,(H,15,16). The van der Waals surface area contributed by atoms with E-state index in [4.69, 9.17) is 4.74 Å². The second-order valence-corrected chi connectivity index (χ2v) is 6.73. The fourth-order valence-electron chi connectivity index (χ4n) is 2.42. The van der Waals surface area contributed by atoms with Crippen LogP contribution in [0.25, 0.3) is 11.0 Å². The summed E-state index contributed by atoms with van der Waals surface area (Å²) in [5.41, 5.74) is 1.90. The number of rotatable bonds is 5. The first-order valence-electron chi connectivity index (χ1n) is 7.23. The van der Waals surface area contributed by atoms with Crippen molar-refractivity contribution in [2.45, 2.75) is 36.2 Å². The lowest BCUT2D eigenvalue weighted by molar-refractivity contribution is 0.415. The molecule has 0 bridgehead atoms. The number of H-pyrrole nitrogens is 1. The van der Waals surface area contributed by atoms with Gasteiger partial charge in [-0.1, -0.05) is 11.8 Å². The van der Waals surface area contributed by atoms with Gasteiger partial charge in [0.05, 0.1) is 29.4 Å². The lowest BCUT2D eigenvalue weighted by Crippen LogP contribution is -2.05. The number of ether oxygens (including phenoxy) is 1. The SMILES string of the molecule is COc1ccc2nc(SC(C)c3nnnn3C3CC3)[nH]c2c1. The Morgan fingerprint density at radius 1 is 1.41 bits per heavy atom. The van der Waals surface area contributed by atoms with E-state index in [1.54, 1.807) is 18.9 Å². The van der Waals surface area contributed by atoms with Gasteiger partial charge >= 0.3 is 0 Å². The predicted octanol–water partition coefficient (Wildman–Crippen LogP) is 2.75. The van der Waals surface area contributed by atoms with E-state index in [9.17, 15) is 0 Å². The Bertz CT molecular complexity index is 809. The molecule has 4 rings (SSSR count). The Kier molecular flexibility index (Phi) is 3.25. The van der Waals surface area contributed by atoms with Crippen molar-refractivity contribution in [1.82, 2.24) is 30.2 Å². The van der Waals surface area contributed by atoms with E-state index in [0.29, 0.717) is 6.04 Å². The minimum Gasteiger partial charge on any atom is -0.497 e. The fourth-order valence-corrected chi connectivity index (χ4v) is 3.33. The summed E-state index contributed by atoms with van der Waals surface area (Å²) in [7, 11) is 1.66. The quantitative estimate of drug-likeness (QED) is 0.729. The molecule has 1 aliphatic carbocycles. The molecule has 1 saturated carbocycles. The maximum absolute atomic E-state index is 5.24. The Labute approximate surface area is 131 Å². The van der Waals surface area contributed by atoms with Crippen molar-refractivity contribution in [3.8, 4) is 5.75 Å². The Morgan fingerprint density at radius 2 is 2.27 bits per heavy atom. The largest absolute Gasteiger partial charge is 0.497 e. The lowest BCUT2D eigenvalue weighted by Gasteiger charge is -2.08. The highest BCUT2D eigenvalue weighted by Gasteiger charge is 2.30. The first-order valence-corrected chi connectivity index (χ1v) is 8.11. The molecule has 2 aromatic heterocycles. The molecule has 1 aromatic carbocycles. The molecule has 1 aliphatic rings. The molecule has 1 N–H and O–H groups in total. The smallest absolute Gasteiger partial charge is 0.167 e. The zero-order valence-corrected chi connectivity index (χ0v) is 13.2. The summed E-state index contributed by atoms with van der Waals surface area (Å²) in [4.78, 5) is 7.92. The highest BCUT2D eigenvalue weighted by atomic mass is 32.2. The van der Waals surface area contributed by atoms with Gasteiger partial charge in [-0.2, -0.15) is 0 Å². The van der Waals surface area contributed by atoms with Crippen LogP contribution in [-0.4, -0.2) is 37.3 Å². The van der Waals surface area contributed by atoms with Crippen LogP contribution in [0.15, 0.2) is 23.4 Å². The molecule has 0 amide bonds. The molecule has 3 aromatic rings. The molecule has 8 heteroatoms. The molecule has 22 heavy (non-hydrogen) atoms. The van der Waals surface area contributed by atoms with E-state index < -0.39 is 0 Å². The predicted molar refractivity (Wildman–Crippen MR) is 83.0 cm³/mol. The van der Waals surface area contributed by atoms with E-state index in [0.717, 1.165) is 27.8 Å². The van der Waals surface area contributed by atoms with E-state index in [1.165, 1.54) is 12.8 Å². The normalized spacial score (nSPS) is 16.1. The number of aromatic nitrogens is 6. The molecule has 1 fully saturated rings. The number of thioether (sulfide) groups is 1. The van der Waals surface area contributed by atoms with Crippen molar-refractivity contribution in [3.63, 3.8) is 0 Å². The second kappa shape index (κ2) is 5.28. The Balaban J connectivity index is 1.58. The second-order valence-electron chi connectivity index (χ2n) is 5.40. The number of imidazole rings is 1. The number of nitrogens with zero attached hydrogens (tertiary/aromatic N) is 5. The van der Waals surface area contributed by atoms with Gasteiger partial charge in [-0.3, -0.25) is 0 Å². The van der Waals surface area contributed by atoms with Crippen LogP contribution in [-0.2, 0) is 0 Å². The van der Waals surface area contributed by atoms with Crippen LogP contribution in [0.4, 0.5) is 0 Å². The van der Waals surface area contributed by atoms with Crippen LogP contribution >= 0.6 is 11.8 Å². The summed E-state index contributed by atoms with van der Waals surface area (Å²) < 4.78 is 7.18. The van der Waals surface area contributed by atoms with Gasteiger partial charge in [-0.25, -0.2) is 9.67 Å². The van der Waals surface area contributed by atoms with Gasteiger partial charge in [-0.05, 0) is 42.3 Å². The third-order valence-corrected chi connectivity index (χ3v) is 4.71. The van der Waals surface area contributed by atoms with Gasteiger partial charge in [0, 0.05) is 6.07 Å². The molecule has 1 unspecified atom stereocenters. The average molecular weight is 316 g/mol. The molecule has 7 nitrogen and oxygen atoms in total. The molecular weight excluding hydrogens is 300 g/mol. The first-order chi connectivity index (χ1) is 10.7. The molecule has 0 spiro atoms. The number of hydrogen-bond donors (Lipinski definition) is 1. The molecular formula is C14H16N6OS. The van der Waals surface area contributed by atoms with Crippen molar-refractivity contribution in [3.05, 3.63) is 24.0 Å². The van der Waals surface area contributed by atoms with Crippen molar-refractivity contribution >= 4 is 22.8 Å². The van der Waals surface area contributed by atoms with Crippen LogP contribution in [0.2, 0.25) is 0 Å². The highest BCUT2D eigenvalue weighted by Crippen LogP contribution is 2.39. The van der Waals surface area contributed by atoms with E-state index in [2.05, 4.69) is 32.4 Å². The minimum absolute atomic E-state index is 0.137. The summed E-state index contributed by atoms with van der Waals surface area (Å²) in [6.07, 6.45) is 2.33. The lowest BCUT2D eigenvalue weighted by atomic mass is 10.3. The van der Waals surface area contributed by atoms with Gasteiger partial charge in [0.2, 0.25) is 0 Å². The van der Waals surface area contributed by atoms with E-state index in [1.807, 2.05) is 22.9 Å². The van der Waals surface area contributed by atoms with Gasteiger partial charge in [0.1, 0.15) is 5.75 Å². The number of nitrogens with one attached hydrogen (secondary N) is 1. The van der Waals surface area contributed by atoms with Crippen LogP contribution in [0.3, 0.4) is 0 Å². The number of aromatic amines is 1. The summed E-state index contributed by atoms with van der Waals surface area (Å²) in [5.74, 6) is 1.73. The number of methoxy groups -OCH3 is 1. The maximum atomic E-state index is 5.24. The zero-order valence-electron chi connectivity index (χ0n) is 12.4. The summed E-state index contributed by atoms with van der Waals surface area (Å²) in [6, 6.07) is 6.29. The third-order valence-electron chi connectivity index (χ3n) is 3.73. The van der Waals surface area contributed by atoms with Crippen molar-refractivity contribution in [2.75, 3.05) is 7.11 Å². The first kappa shape index (κ1) is 13.6. The minimum atomic E-state index is 0.137. The van der Waals surface area contributed by atoms with Crippen LogP contribution in [0.1, 0.15) is 36.9 Å². The molecule has 0 radical (unpaired) electrons. The number of fused-ring (bicyclic) bond motifs is 1. The molecule has 1 atom stereocenters. The van der Waals surface area contributed by atoms with Crippen LogP contribution in [0, 0.1) is 0 Å². The van der Waals surface area contributed by atoms with Gasteiger partial charge in [0.25, 0.3) is 0 Å². The highest BCUT2D eigenvalue weighted by molar-refractivity contribution is 7.99. The average Bonchev–Trinajstić information content (AvgIpc) is 3.11. The maximum Gasteiger partial charge on any atom is 0.167 e. The third kappa shape index (κ3) is 2.43. The number of hydrogen-bond acceptors (Lipinski definition) is 6. The molecule has 2 heterocycles. The van der Waals surface area contributed by atoms with Crippen molar-refractivity contribution in [2.24, 2.45) is 0 Å². The number of benzene rings is 1. The Morgan fingerprint density at radius 3 is 3.05 bits per heavy atom. The van der Waals surface area contributed by atoms with Crippen molar-refractivity contribution in [1.29, 1.82) is 0 Å². The van der Waals surface area contributed by atoms with E-state index in [-0.39, 0.29) is 5.25 Å². The van der Waals surface area contributed by atoms with Crippen LogP contribution in [0.5, 0.6) is 5.75 Å². The molecule has 114 valence electrons. The van der Waals surface area contributed by atoms with E-state index >= 15 is 0 Å². The van der Waals surface area contributed by atoms with Gasteiger partial charge in [0.15, 0.2) is 11.0 Å². The zero-order chi connectivity index (χ0) is 15.1. The Hall–Kier alpha value is -2.09. The summed E-state index contributed by atoms with van der Waals surface area (Å²) in [5, 5.41) is 13.1. The summed E-state index contributed by atoms with van der Waals surface area (Å²) in [6.45, 7) is 2.10. The van der Waals surface area contributed by atoms with Crippen molar-refractivity contribution < 1.29 is 4.74 Å². The summed E-state index contributed by atoms with van der Waals surface area (Å²) >= 11 is 1.63. The van der Waals surface area contributed by atoms with Gasteiger partial charge < -0.3 is 9.72 Å².